The van der Waals surface area contributed by atoms with Crippen LogP contribution >= 0.6 is 15.9 Å². The maximum absolute atomic E-state index is 12.8. The molecular formula is C24H27BrN4O3. The number of carbonyl (C=O) groups excluding carboxylic acids is 1. The predicted octanol–water partition coefficient (Wildman–Crippen LogP) is 4.60. The Morgan fingerprint density at radius 1 is 1.25 bits per heavy atom. The van der Waals surface area contributed by atoms with Crippen LogP contribution in [0.4, 0.5) is 0 Å². The third kappa shape index (κ3) is 5.55. The molecule has 1 fully saturated rings. The van der Waals surface area contributed by atoms with Crippen LogP contribution in [0.2, 0.25) is 0 Å². The predicted molar refractivity (Wildman–Crippen MR) is 125 cm³/mol. The second-order valence-electron chi connectivity index (χ2n) is 8.08. The molecule has 0 aliphatic carbocycles. The molecule has 0 saturated carbocycles. The van der Waals surface area contributed by atoms with Gasteiger partial charge in [0.1, 0.15) is 5.75 Å². The third-order valence-electron chi connectivity index (χ3n) is 5.84. The maximum atomic E-state index is 12.8. The van der Waals surface area contributed by atoms with Crippen LogP contribution in [0, 0.1) is 5.92 Å². The Morgan fingerprint density at radius 2 is 2.00 bits per heavy atom. The summed E-state index contributed by atoms with van der Waals surface area (Å²) in [6, 6.07) is 15.6. The van der Waals surface area contributed by atoms with Gasteiger partial charge in [-0.1, -0.05) is 45.4 Å². The average molecular weight is 499 g/mol. The van der Waals surface area contributed by atoms with E-state index in [1.54, 1.807) is 7.11 Å². The molecule has 0 radical (unpaired) electrons. The van der Waals surface area contributed by atoms with Crippen LogP contribution in [0.5, 0.6) is 5.75 Å². The lowest BCUT2D eigenvalue weighted by atomic mass is 9.95. The summed E-state index contributed by atoms with van der Waals surface area (Å²) in [5.41, 5.74) is 1.98. The first-order chi connectivity index (χ1) is 15.5. The van der Waals surface area contributed by atoms with Crippen molar-refractivity contribution in [2.45, 2.75) is 32.4 Å². The molecule has 7 nitrogen and oxygen atoms in total. The molecule has 1 aromatic heterocycles. The minimum atomic E-state index is -0.0405. The van der Waals surface area contributed by atoms with Gasteiger partial charge in [0.05, 0.1) is 19.7 Å². The average Bonchev–Trinajstić information content (AvgIpc) is 3.28. The summed E-state index contributed by atoms with van der Waals surface area (Å²) in [5.74, 6) is 2.12. The number of hydrogen-bond donors (Lipinski definition) is 1. The highest BCUT2D eigenvalue weighted by Crippen LogP contribution is 2.24. The van der Waals surface area contributed by atoms with Crippen molar-refractivity contribution >= 4 is 21.8 Å². The molecular weight excluding hydrogens is 472 g/mol. The highest BCUT2D eigenvalue weighted by Gasteiger charge is 2.27. The second kappa shape index (κ2) is 10.3. The molecule has 4 rings (SSSR count). The molecule has 0 bridgehead atoms. The number of ether oxygens (including phenoxy) is 1. The monoisotopic (exact) mass is 498 g/mol. The molecule has 1 aliphatic rings. The number of carbonyl (C=O) groups is 1. The standard InChI is InChI=1S/C24H27BrN4O3/c1-16(17-6-8-21(31-2)9-7-17)26-24(30)18-10-12-29(13-11-18)15-22-27-23(28-32-22)19-4-3-5-20(25)14-19/h3-9,14,16,18H,10-13,15H2,1-2H3,(H,26,30). The van der Waals surface area contributed by atoms with Crippen LogP contribution in [0.25, 0.3) is 11.4 Å². The van der Waals surface area contributed by atoms with E-state index in [1.165, 1.54) is 0 Å². The fourth-order valence-corrected chi connectivity index (χ4v) is 4.31. The number of piperidine rings is 1. The SMILES string of the molecule is COc1ccc(C(C)NC(=O)C2CCN(Cc3nc(-c4cccc(Br)c4)no3)CC2)cc1. The summed E-state index contributed by atoms with van der Waals surface area (Å²) in [6.07, 6.45) is 1.63. The van der Waals surface area contributed by atoms with E-state index < -0.39 is 0 Å². The van der Waals surface area contributed by atoms with E-state index in [-0.39, 0.29) is 17.9 Å². The van der Waals surface area contributed by atoms with Gasteiger partial charge in [-0.2, -0.15) is 4.98 Å². The fourth-order valence-electron chi connectivity index (χ4n) is 3.92. The first kappa shape index (κ1) is 22.5. The number of nitrogens with zero attached hydrogens (tertiary/aromatic N) is 3. The molecule has 168 valence electrons. The van der Waals surface area contributed by atoms with E-state index in [4.69, 9.17) is 9.26 Å². The lowest BCUT2D eigenvalue weighted by molar-refractivity contribution is -0.127. The van der Waals surface area contributed by atoms with Crippen molar-refractivity contribution in [2.75, 3.05) is 20.2 Å². The van der Waals surface area contributed by atoms with Gasteiger partial charge in [-0.3, -0.25) is 9.69 Å². The normalized spacial score (nSPS) is 16.0. The van der Waals surface area contributed by atoms with Gasteiger partial charge in [-0.25, -0.2) is 0 Å². The molecule has 1 atom stereocenters. The highest BCUT2D eigenvalue weighted by atomic mass is 79.9. The topological polar surface area (TPSA) is 80.5 Å². The number of nitrogens with one attached hydrogen (secondary N) is 1. The summed E-state index contributed by atoms with van der Waals surface area (Å²) in [7, 11) is 1.65. The minimum absolute atomic E-state index is 0.0202. The van der Waals surface area contributed by atoms with Gasteiger partial charge in [0, 0.05) is 16.0 Å². The van der Waals surface area contributed by atoms with Crippen molar-refractivity contribution in [1.82, 2.24) is 20.4 Å². The highest BCUT2D eigenvalue weighted by molar-refractivity contribution is 9.10. The van der Waals surface area contributed by atoms with Crippen LogP contribution in [0.1, 0.15) is 37.3 Å². The quantitative estimate of drug-likeness (QED) is 0.512. The molecule has 0 spiro atoms. The van der Waals surface area contributed by atoms with Gasteiger partial charge in [-0.15, -0.1) is 0 Å². The van der Waals surface area contributed by atoms with Crippen LogP contribution < -0.4 is 10.1 Å². The molecule has 2 aromatic carbocycles. The first-order valence-electron chi connectivity index (χ1n) is 10.8. The van der Waals surface area contributed by atoms with Crippen LogP contribution in [0.3, 0.4) is 0 Å². The fraction of sp³-hybridized carbons (Fsp3) is 0.375. The lowest BCUT2D eigenvalue weighted by Crippen LogP contribution is -2.40. The molecule has 3 aromatic rings. The smallest absolute Gasteiger partial charge is 0.241 e. The number of likely N-dealkylation sites (tertiary alicyclic amines) is 1. The van der Waals surface area contributed by atoms with Crippen molar-refractivity contribution in [3.8, 4) is 17.1 Å². The van der Waals surface area contributed by atoms with Crippen molar-refractivity contribution in [3.63, 3.8) is 0 Å². The number of methoxy groups -OCH3 is 1. The number of rotatable bonds is 7. The van der Waals surface area contributed by atoms with Gasteiger partial charge in [0.2, 0.25) is 17.6 Å². The van der Waals surface area contributed by atoms with Crippen LogP contribution in [-0.2, 0) is 11.3 Å². The number of aromatic nitrogens is 2. The molecule has 1 amide bonds. The van der Waals surface area contributed by atoms with E-state index in [1.807, 2.05) is 55.5 Å². The summed E-state index contributed by atoms with van der Waals surface area (Å²) in [4.78, 5) is 19.5. The summed E-state index contributed by atoms with van der Waals surface area (Å²) in [6.45, 7) is 4.25. The van der Waals surface area contributed by atoms with Crippen LogP contribution in [-0.4, -0.2) is 41.1 Å². The van der Waals surface area contributed by atoms with Crippen molar-refractivity contribution in [1.29, 1.82) is 0 Å². The number of amides is 1. The maximum Gasteiger partial charge on any atom is 0.241 e. The van der Waals surface area contributed by atoms with Gasteiger partial charge < -0.3 is 14.6 Å². The molecule has 1 aliphatic heterocycles. The lowest BCUT2D eigenvalue weighted by Gasteiger charge is -2.30. The van der Waals surface area contributed by atoms with E-state index in [2.05, 4.69) is 36.3 Å². The van der Waals surface area contributed by atoms with E-state index in [0.717, 1.165) is 47.3 Å². The Hall–Kier alpha value is -2.71. The Kier molecular flexibility index (Phi) is 7.22. The summed E-state index contributed by atoms with van der Waals surface area (Å²) < 4.78 is 11.6. The number of halogens is 1. The van der Waals surface area contributed by atoms with Gasteiger partial charge in [-0.05, 0) is 62.7 Å². The number of hydrogen-bond acceptors (Lipinski definition) is 6. The van der Waals surface area contributed by atoms with E-state index >= 15 is 0 Å². The van der Waals surface area contributed by atoms with E-state index in [9.17, 15) is 4.79 Å². The van der Waals surface area contributed by atoms with Gasteiger partial charge in [0.25, 0.3) is 0 Å². The molecule has 32 heavy (non-hydrogen) atoms. The molecule has 1 N–H and O–H groups in total. The first-order valence-corrected chi connectivity index (χ1v) is 11.6. The second-order valence-corrected chi connectivity index (χ2v) is 8.99. The van der Waals surface area contributed by atoms with Gasteiger partial charge in [0.15, 0.2) is 0 Å². The zero-order valence-electron chi connectivity index (χ0n) is 18.3. The molecule has 8 heteroatoms. The Labute approximate surface area is 196 Å². The van der Waals surface area contributed by atoms with Gasteiger partial charge >= 0.3 is 0 Å². The number of benzene rings is 2. The Morgan fingerprint density at radius 3 is 2.69 bits per heavy atom. The third-order valence-corrected chi connectivity index (χ3v) is 6.34. The Bertz CT molecular complexity index is 1050. The zero-order valence-corrected chi connectivity index (χ0v) is 19.8. The molecule has 1 unspecified atom stereocenters. The molecule has 1 saturated heterocycles. The van der Waals surface area contributed by atoms with Crippen molar-refractivity contribution < 1.29 is 14.1 Å². The zero-order chi connectivity index (χ0) is 22.5. The largest absolute Gasteiger partial charge is 0.497 e. The van der Waals surface area contributed by atoms with Crippen molar-refractivity contribution in [2.24, 2.45) is 5.92 Å². The Balaban J connectivity index is 1.26. The van der Waals surface area contributed by atoms with Crippen LogP contribution in [0.15, 0.2) is 57.5 Å². The molecule has 2 heterocycles. The van der Waals surface area contributed by atoms with E-state index in [0.29, 0.717) is 18.3 Å². The van der Waals surface area contributed by atoms with Crippen molar-refractivity contribution in [3.05, 3.63) is 64.5 Å². The summed E-state index contributed by atoms with van der Waals surface area (Å²) >= 11 is 3.46. The minimum Gasteiger partial charge on any atom is -0.497 e. The summed E-state index contributed by atoms with van der Waals surface area (Å²) in [5, 5.41) is 7.25.